The summed E-state index contributed by atoms with van der Waals surface area (Å²) in [5.74, 6) is -18.0. The summed E-state index contributed by atoms with van der Waals surface area (Å²) in [6, 6.07) is 12.8. The van der Waals surface area contributed by atoms with E-state index in [-0.39, 0.29) is 73.8 Å². The molecule has 113 heavy (non-hydrogen) atoms. The van der Waals surface area contributed by atoms with Gasteiger partial charge in [0.15, 0.2) is 11.4 Å². The number of anilines is 1. The van der Waals surface area contributed by atoms with E-state index in [9.17, 15) is 93.6 Å². The molecule has 16 atom stereocenters. The molecule has 5 amide bonds. The molecule has 2 saturated carbocycles. The van der Waals surface area contributed by atoms with E-state index < -0.39 is 199 Å². The number of rotatable bonds is 39. The second kappa shape index (κ2) is 36.7. The van der Waals surface area contributed by atoms with Crippen molar-refractivity contribution < 1.29 is 118 Å². The van der Waals surface area contributed by atoms with Crippen LogP contribution in [0.1, 0.15) is 131 Å². The van der Waals surface area contributed by atoms with Gasteiger partial charge < -0.3 is 91.5 Å². The van der Waals surface area contributed by atoms with E-state index in [1.54, 1.807) is 48.3 Å². The van der Waals surface area contributed by atoms with Gasteiger partial charge in [-0.25, -0.2) is 14.4 Å². The maximum Gasteiger partial charge on any atom is 0.327 e. The van der Waals surface area contributed by atoms with Crippen molar-refractivity contribution in [3.8, 4) is 5.75 Å². The van der Waals surface area contributed by atoms with Crippen LogP contribution in [-0.4, -0.2) is 239 Å². The predicted octanol–water partition coefficient (Wildman–Crippen LogP) is 3.96. The molecule has 3 fully saturated rings. The zero-order valence-corrected chi connectivity index (χ0v) is 65.0. The number of nitrogens with one attached hydrogen (secondary N) is 5. The van der Waals surface area contributed by atoms with Crippen molar-refractivity contribution in [3.63, 3.8) is 0 Å². The van der Waals surface area contributed by atoms with Gasteiger partial charge in [-0.05, 0) is 117 Å². The summed E-state index contributed by atoms with van der Waals surface area (Å²) in [6.45, 7) is 2.43. The number of aryl methyl sites for hydroxylation is 1. The minimum atomic E-state index is -2.60. The Hall–Kier alpha value is -9.61. The van der Waals surface area contributed by atoms with E-state index in [0.717, 1.165) is 38.1 Å². The van der Waals surface area contributed by atoms with Gasteiger partial charge in [0.1, 0.15) is 48.3 Å². The van der Waals surface area contributed by atoms with Crippen LogP contribution in [0.3, 0.4) is 0 Å². The van der Waals surface area contributed by atoms with E-state index in [4.69, 9.17) is 14.6 Å². The monoisotopic (exact) mass is 1610 g/mol. The molecular weight excluding hydrogens is 1510 g/mol. The fourth-order valence-corrected chi connectivity index (χ4v) is 20.6. The molecule has 4 heterocycles. The van der Waals surface area contributed by atoms with Crippen LogP contribution in [0.5, 0.6) is 5.75 Å². The molecule has 3 aromatic carbocycles. The number of ether oxygens (including phenoxy) is 2. The summed E-state index contributed by atoms with van der Waals surface area (Å²) in [5, 5.41) is 112. The fraction of sp³-hybridized carbons (Fsp3) is 0.557. The molecule has 32 nitrogen and oxygen atoms in total. The van der Waals surface area contributed by atoms with Crippen LogP contribution in [0, 0.1) is 35.5 Å². The molecule has 612 valence electrons. The first-order chi connectivity index (χ1) is 53.7. The van der Waals surface area contributed by atoms with Crippen LogP contribution in [0.15, 0.2) is 78.9 Å². The third-order valence-corrected chi connectivity index (χ3v) is 26.1. The van der Waals surface area contributed by atoms with E-state index in [2.05, 4.69) is 31.5 Å². The highest BCUT2D eigenvalue weighted by Crippen LogP contribution is 2.69. The Bertz CT molecular complexity index is 4330. The van der Waals surface area contributed by atoms with Crippen molar-refractivity contribution in [2.45, 2.75) is 168 Å². The van der Waals surface area contributed by atoms with Crippen molar-refractivity contribution in [2.24, 2.45) is 42.6 Å². The number of esters is 1. The third kappa shape index (κ3) is 18.6. The van der Waals surface area contributed by atoms with Gasteiger partial charge in [-0.1, -0.05) is 89.2 Å². The quantitative estimate of drug-likeness (QED) is 0.0130. The average molecular weight is 1610 g/mol. The number of nitrogens with zero attached hydrogens (tertiary/aromatic N) is 3. The smallest absolute Gasteiger partial charge is 0.327 e. The lowest BCUT2D eigenvalue weighted by atomic mass is 9.50. The highest BCUT2D eigenvalue weighted by Gasteiger charge is 2.75. The molecule has 34 heteroatoms. The van der Waals surface area contributed by atoms with Crippen LogP contribution in [0.25, 0.3) is 10.9 Å². The molecule has 14 N–H and O–H groups in total. The second-order valence-electron chi connectivity index (χ2n) is 30.7. The number of amides is 5. The molecule has 1 aromatic heterocycles. The number of Topliss-reactive ketones (excluding diaryl/α,β-unsaturated/α-hetero) is 2. The second-order valence-corrected chi connectivity index (χ2v) is 33.4. The molecule has 3 aliphatic heterocycles. The number of aliphatic hydroxyl groups is 3. The number of ketones is 2. The highest BCUT2D eigenvalue weighted by molar-refractivity contribution is 8.76. The summed E-state index contributed by atoms with van der Waals surface area (Å²) in [6.07, 6.45) is 0.443. The summed E-state index contributed by atoms with van der Waals surface area (Å²) in [5.41, 5.74) is -2.02. The number of allylic oxidation sites excluding steroid dienone is 1. The number of aliphatic hydroxyl groups excluding tert-OH is 1. The number of para-hydroxylation sites is 1. The summed E-state index contributed by atoms with van der Waals surface area (Å²) in [4.78, 5) is 174. The molecule has 0 radical (unpaired) electrons. The number of carbonyl (C=O) groups excluding carboxylic acids is 7. The van der Waals surface area contributed by atoms with Gasteiger partial charge in [0, 0.05) is 135 Å². The number of benzene rings is 3. The predicted molar refractivity (Wildman–Crippen MR) is 411 cm³/mol. The number of urea groups is 1. The van der Waals surface area contributed by atoms with Crippen molar-refractivity contribution in [3.05, 3.63) is 107 Å². The highest BCUT2D eigenvalue weighted by atomic mass is 33.1. The zero-order chi connectivity index (χ0) is 82.0. The molecule has 1 spiro atoms. The molecule has 1 saturated heterocycles. The zero-order valence-electron chi connectivity index (χ0n) is 63.3. The van der Waals surface area contributed by atoms with Gasteiger partial charge in [0.25, 0.3) is 5.91 Å². The minimum absolute atomic E-state index is 0.00480. The molecule has 4 unspecified atom stereocenters. The van der Waals surface area contributed by atoms with Crippen LogP contribution in [0.4, 0.5) is 10.5 Å². The molecule has 3 aliphatic carbocycles. The van der Waals surface area contributed by atoms with Gasteiger partial charge in [-0.3, -0.25) is 52.8 Å². The number of carboxylic acid groups (broad SMARTS) is 6. The largest absolute Gasteiger partial charge is 0.496 e. The third-order valence-electron chi connectivity index (χ3n) is 23.7. The van der Waals surface area contributed by atoms with Gasteiger partial charge in [0.2, 0.25) is 11.8 Å². The number of fused-ring (bicyclic) bond motifs is 6. The van der Waals surface area contributed by atoms with Crippen molar-refractivity contribution in [1.82, 2.24) is 36.1 Å². The summed E-state index contributed by atoms with van der Waals surface area (Å²) >= 11 is 0. The summed E-state index contributed by atoms with van der Waals surface area (Å²) < 4.78 is 13.8. The Morgan fingerprint density at radius 1 is 0.743 bits per heavy atom. The Kier molecular flexibility index (Phi) is 27.9. The summed E-state index contributed by atoms with van der Waals surface area (Å²) in [7, 11) is 7.15. The normalized spacial score (nSPS) is 25.8. The number of piperidine rings is 1. The van der Waals surface area contributed by atoms with Gasteiger partial charge >= 0.3 is 47.8 Å². The number of carboxylic acids is 6. The first-order valence-corrected chi connectivity index (χ1v) is 40.5. The maximum atomic E-state index is 15.1. The lowest BCUT2D eigenvalue weighted by Gasteiger charge is -2.58. The van der Waals surface area contributed by atoms with E-state index >= 15 is 9.59 Å². The Labute approximate surface area is 659 Å². The standard InChI is InChI=1S/C79H100N8O24S2/c1-5-76(108)37-44-38-78(74(105)106,66-50(25-28-87(40-44)42-76)49-16-9-10-18-57(49)85(66)2)53-34-52-58(36-60(53)110-4)86(3)72-77(52)26-24-45-15-11-17-51(65(45)77)67(96)79(72,109)73(104)81-39-64(95)111-29-30-112-113-41-56(71(102)103)83-68(97)47(31-43-13-7-6-8-14-43)33-59(89)55(35-63(93)94)82-61(90)23-20-46(69(98)99)32-48(88)21-22-54(70(100)101)84-75(107)80-27-12-19-62(91)92/h6-11,13-14,16-18,34,36,44-47,51,54-56,65,67,72,96,108-109H,5,12,15,19-33,35,37-42H2,1-4H3,(H,81,104)(H,82,90)(H,83,97)(H,91,92)(H,93,94)(H,98,99)(H,100,101)(H,102,103)(H,105,106)(H2,80,84,107)/t44?,45?,46-,47-,51?,54+,55+,56+,65+,67-,72-,76+,77-,78+,79-/m1/s1. The number of hydrogen-bond acceptors (Lipinski definition) is 22. The average Bonchev–Trinajstić information content (AvgIpc) is 1.49. The first kappa shape index (κ1) is 85.8. The molecule has 10 rings (SSSR count). The topological polar surface area (TPSA) is 494 Å². The number of aromatic nitrogens is 1. The number of likely N-dealkylation sites (N-methyl/N-ethyl adjacent to an activating group) is 1. The van der Waals surface area contributed by atoms with Crippen LogP contribution in [-0.2, 0) is 93.0 Å². The van der Waals surface area contributed by atoms with Crippen LogP contribution >= 0.6 is 21.6 Å². The van der Waals surface area contributed by atoms with Gasteiger partial charge in [0.05, 0.1) is 37.1 Å². The Balaban J connectivity index is 0.762. The lowest BCUT2D eigenvalue weighted by molar-refractivity contribution is -0.185. The maximum absolute atomic E-state index is 15.1. The van der Waals surface area contributed by atoms with Crippen molar-refractivity contribution in [2.75, 3.05) is 69.9 Å². The fourth-order valence-electron chi connectivity index (χ4n) is 18.6. The number of hydrogen-bond donors (Lipinski definition) is 14. The lowest BCUT2D eigenvalue weighted by Crippen LogP contribution is -2.76. The van der Waals surface area contributed by atoms with Crippen molar-refractivity contribution in [1.29, 1.82) is 0 Å². The number of carbonyl (C=O) groups is 13. The number of aliphatic carboxylic acids is 6. The van der Waals surface area contributed by atoms with Gasteiger partial charge in [-0.15, -0.1) is 0 Å². The first-order valence-electron chi connectivity index (χ1n) is 38.0. The van der Waals surface area contributed by atoms with E-state index in [0.29, 0.717) is 86.2 Å². The van der Waals surface area contributed by atoms with Crippen molar-refractivity contribution >= 4 is 115 Å². The SMILES string of the molecule is CC[C@]1(O)CC2CN(CCc3c(n(C)c4ccccc34)[C@@](C(=O)O)(c3cc4c(cc3OC)N(C)[C@H]3[C@@](O)(C(=O)NCC(=O)OCCSSC[C@H](NC(=O)[C@@H](CC(=O)[C@H](CC(=O)O)NC(=O)CC[C@H](CC(=O)CC[C@H](NC(=O)NCCCC(=O)O)C(=O)O)C(=O)O)Cc5ccccc5)C(=O)O)[C@H](O)C5C=CCC6CC[C@]43[C@@H]65)C2)C1. The van der Waals surface area contributed by atoms with Gasteiger partial charge in [-0.2, -0.15) is 0 Å². The Morgan fingerprint density at radius 2 is 1.47 bits per heavy atom. The molecule has 2 bridgehead atoms. The molecule has 6 aliphatic rings. The number of methoxy groups -OCH3 is 1. The molecular formula is C79H100N8O24S2. The van der Waals surface area contributed by atoms with E-state index in [1.807, 2.05) is 61.0 Å². The minimum Gasteiger partial charge on any atom is -0.496 e. The van der Waals surface area contributed by atoms with Crippen LogP contribution < -0.4 is 36.2 Å². The Morgan fingerprint density at radius 3 is 2.15 bits per heavy atom. The molecule has 4 aromatic rings. The van der Waals surface area contributed by atoms with Crippen LogP contribution in [0.2, 0.25) is 0 Å². The van der Waals surface area contributed by atoms with E-state index in [1.165, 1.54) is 7.11 Å².